The van der Waals surface area contributed by atoms with Crippen molar-refractivity contribution in [2.75, 3.05) is 6.61 Å². The molecule has 0 aromatic carbocycles. The molecule has 1 fully saturated rings. The van der Waals surface area contributed by atoms with Gasteiger partial charge in [0.15, 0.2) is 0 Å². The van der Waals surface area contributed by atoms with Gasteiger partial charge in [-0.15, -0.1) is 0 Å². The normalized spacial score (nSPS) is 25.6. The maximum absolute atomic E-state index is 11.8. The Morgan fingerprint density at radius 2 is 2.08 bits per heavy atom. The van der Waals surface area contributed by atoms with Gasteiger partial charge in [0.1, 0.15) is 0 Å². The van der Waals surface area contributed by atoms with Gasteiger partial charge in [-0.3, -0.25) is 0 Å². The largest absolute Gasteiger partial charge is 0.388 e. The van der Waals surface area contributed by atoms with Crippen molar-refractivity contribution in [2.24, 2.45) is 0 Å². The molecule has 0 saturated carbocycles. The van der Waals surface area contributed by atoms with E-state index in [2.05, 4.69) is 0 Å². The Labute approximate surface area is 78.5 Å². The van der Waals surface area contributed by atoms with E-state index in [1.807, 2.05) is 0 Å². The lowest BCUT2D eigenvalue weighted by atomic mass is 10.2. The highest BCUT2D eigenvalue weighted by molar-refractivity contribution is 6.37. The molecular weight excluding hydrogens is 197 g/mol. The Balaban J connectivity index is 2.04. The Hall–Kier alpha value is -0.0331. The molecule has 1 unspecified atom stereocenters. The van der Waals surface area contributed by atoms with E-state index < -0.39 is 22.1 Å². The molecule has 1 atom stereocenters. The van der Waals surface area contributed by atoms with Gasteiger partial charge in [-0.2, -0.15) is 13.2 Å². The summed E-state index contributed by atoms with van der Waals surface area (Å²) in [7, 11) is -0.657. The smallest absolute Gasteiger partial charge is 0.382 e. The first kappa shape index (κ1) is 11.0. The van der Waals surface area contributed by atoms with Gasteiger partial charge in [-0.05, 0) is 19.3 Å². The predicted octanol–water partition coefficient (Wildman–Crippen LogP) is 2.05. The standard InChI is InChI=1S/C8H15F3OSi/c9-8(10,11)4-6-13-7-3-1-2-5-12-7/h7H,1-6,13H2. The lowest BCUT2D eigenvalue weighted by Gasteiger charge is -2.22. The summed E-state index contributed by atoms with van der Waals surface area (Å²) in [5.41, 5.74) is 0.219. The average Bonchev–Trinajstić information content (AvgIpc) is 2.04. The van der Waals surface area contributed by atoms with Crippen LogP contribution in [0.5, 0.6) is 0 Å². The number of hydrogen-bond donors (Lipinski definition) is 0. The summed E-state index contributed by atoms with van der Waals surface area (Å²) >= 11 is 0. The minimum atomic E-state index is -3.97. The zero-order chi connectivity index (χ0) is 9.73. The van der Waals surface area contributed by atoms with Gasteiger partial charge in [-0.25, -0.2) is 0 Å². The lowest BCUT2D eigenvalue weighted by molar-refractivity contribution is -0.130. The summed E-state index contributed by atoms with van der Waals surface area (Å²) in [6, 6.07) is 0.341. The van der Waals surface area contributed by atoms with Gasteiger partial charge >= 0.3 is 6.18 Å². The second kappa shape index (κ2) is 5.00. The Morgan fingerprint density at radius 3 is 2.62 bits per heavy atom. The molecule has 1 nitrogen and oxygen atoms in total. The number of alkyl halides is 3. The van der Waals surface area contributed by atoms with Gasteiger partial charge in [0, 0.05) is 18.8 Å². The molecule has 0 bridgehead atoms. The van der Waals surface area contributed by atoms with Crippen LogP contribution >= 0.6 is 0 Å². The third-order valence-corrected chi connectivity index (χ3v) is 4.31. The Morgan fingerprint density at radius 1 is 1.31 bits per heavy atom. The van der Waals surface area contributed by atoms with E-state index in [4.69, 9.17) is 4.74 Å². The third-order valence-electron chi connectivity index (χ3n) is 2.26. The van der Waals surface area contributed by atoms with E-state index in [1.54, 1.807) is 0 Å². The van der Waals surface area contributed by atoms with Gasteiger partial charge in [0.05, 0.1) is 9.52 Å². The van der Waals surface area contributed by atoms with Crippen molar-refractivity contribution in [1.82, 2.24) is 0 Å². The molecule has 0 amide bonds. The molecule has 0 aliphatic carbocycles. The molecule has 1 aliphatic rings. The van der Waals surface area contributed by atoms with E-state index in [9.17, 15) is 13.2 Å². The molecule has 0 spiro atoms. The van der Waals surface area contributed by atoms with Crippen molar-refractivity contribution in [1.29, 1.82) is 0 Å². The zero-order valence-corrected chi connectivity index (χ0v) is 8.98. The SMILES string of the molecule is FC(F)(F)CC[SiH2]C1CCCCO1. The lowest BCUT2D eigenvalue weighted by Crippen LogP contribution is -2.26. The summed E-state index contributed by atoms with van der Waals surface area (Å²) in [4.78, 5) is 0. The van der Waals surface area contributed by atoms with Crippen LogP contribution in [0.15, 0.2) is 0 Å². The van der Waals surface area contributed by atoms with E-state index in [0.29, 0.717) is 6.04 Å². The van der Waals surface area contributed by atoms with Crippen molar-refractivity contribution in [2.45, 2.75) is 43.6 Å². The molecule has 78 valence electrons. The molecule has 0 aromatic rings. The van der Waals surface area contributed by atoms with Crippen molar-refractivity contribution in [3.63, 3.8) is 0 Å². The van der Waals surface area contributed by atoms with E-state index >= 15 is 0 Å². The number of hydrogen-bond acceptors (Lipinski definition) is 1. The molecule has 5 heteroatoms. The molecule has 0 N–H and O–H groups in total. The monoisotopic (exact) mass is 212 g/mol. The number of rotatable bonds is 3. The molecule has 1 heterocycles. The van der Waals surface area contributed by atoms with Crippen molar-refractivity contribution < 1.29 is 17.9 Å². The fraction of sp³-hybridized carbons (Fsp3) is 1.00. The predicted molar refractivity (Wildman–Crippen MR) is 47.6 cm³/mol. The third kappa shape index (κ3) is 5.31. The van der Waals surface area contributed by atoms with Gasteiger partial charge in [0.2, 0.25) is 0 Å². The van der Waals surface area contributed by atoms with Gasteiger partial charge in [0.25, 0.3) is 0 Å². The maximum Gasteiger partial charge on any atom is 0.388 e. The zero-order valence-electron chi connectivity index (χ0n) is 7.57. The van der Waals surface area contributed by atoms with Crippen LogP contribution in [-0.4, -0.2) is 28.0 Å². The Bertz CT molecular complexity index is 143. The summed E-state index contributed by atoms with van der Waals surface area (Å²) < 4.78 is 40.8. The number of ether oxygens (including phenoxy) is 1. The highest BCUT2D eigenvalue weighted by Crippen LogP contribution is 2.22. The van der Waals surface area contributed by atoms with Gasteiger partial charge in [-0.1, -0.05) is 6.04 Å². The minimum absolute atomic E-state index is 0.219. The van der Waals surface area contributed by atoms with Crippen LogP contribution in [0.4, 0.5) is 13.2 Å². The van der Waals surface area contributed by atoms with Crippen molar-refractivity contribution in [3.05, 3.63) is 0 Å². The Kier molecular flexibility index (Phi) is 4.25. The summed E-state index contributed by atoms with van der Waals surface area (Å²) in [5.74, 6) is 0. The van der Waals surface area contributed by atoms with Crippen molar-refractivity contribution in [3.8, 4) is 0 Å². The van der Waals surface area contributed by atoms with Crippen LogP contribution in [-0.2, 0) is 4.74 Å². The van der Waals surface area contributed by atoms with Crippen LogP contribution in [0.2, 0.25) is 6.04 Å². The number of halogens is 3. The highest BCUT2D eigenvalue weighted by Gasteiger charge is 2.27. The fourth-order valence-electron chi connectivity index (χ4n) is 1.57. The minimum Gasteiger partial charge on any atom is -0.382 e. The van der Waals surface area contributed by atoms with E-state index in [0.717, 1.165) is 25.9 Å². The van der Waals surface area contributed by atoms with Crippen LogP contribution in [0.3, 0.4) is 0 Å². The van der Waals surface area contributed by atoms with Gasteiger partial charge < -0.3 is 4.74 Å². The molecular formula is C8H15F3OSi. The van der Waals surface area contributed by atoms with Crippen molar-refractivity contribution >= 4 is 9.52 Å². The first-order valence-corrected chi connectivity index (χ1v) is 6.58. The molecule has 13 heavy (non-hydrogen) atoms. The maximum atomic E-state index is 11.8. The molecule has 0 aromatic heterocycles. The summed E-state index contributed by atoms with van der Waals surface area (Å²) in [6.07, 6.45) is -1.39. The van der Waals surface area contributed by atoms with Crippen LogP contribution < -0.4 is 0 Å². The first-order valence-electron chi connectivity index (χ1n) is 4.76. The van der Waals surface area contributed by atoms with E-state index in [-0.39, 0.29) is 5.73 Å². The second-order valence-electron chi connectivity index (χ2n) is 3.50. The van der Waals surface area contributed by atoms with Crippen LogP contribution in [0.1, 0.15) is 25.7 Å². The molecule has 1 aliphatic heterocycles. The van der Waals surface area contributed by atoms with E-state index in [1.165, 1.54) is 0 Å². The van der Waals surface area contributed by atoms with Crippen LogP contribution in [0.25, 0.3) is 0 Å². The molecule has 1 saturated heterocycles. The topological polar surface area (TPSA) is 9.23 Å². The first-order chi connectivity index (χ1) is 6.08. The highest BCUT2D eigenvalue weighted by atomic mass is 28.2. The van der Waals surface area contributed by atoms with Crippen LogP contribution in [0, 0.1) is 0 Å². The quantitative estimate of drug-likeness (QED) is 0.651. The average molecular weight is 212 g/mol. The second-order valence-corrected chi connectivity index (χ2v) is 5.69. The molecule has 1 rings (SSSR count). The summed E-state index contributed by atoms with van der Waals surface area (Å²) in [6.45, 7) is 0.754. The molecule has 0 radical (unpaired) electrons. The fourth-order valence-corrected chi connectivity index (χ4v) is 3.54. The summed E-state index contributed by atoms with van der Waals surface area (Å²) in [5, 5.41) is 0.